The average molecular weight is 194 g/mol. The Bertz CT molecular complexity index is 288. The van der Waals surface area contributed by atoms with E-state index in [4.69, 9.17) is 4.74 Å². The molecule has 0 aliphatic carbocycles. The Morgan fingerprint density at radius 1 is 1.38 bits per heavy atom. The SMILES string of the molecule is O=Cc1ccc(C2OCCS2)cc1. The van der Waals surface area contributed by atoms with Gasteiger partial charge in [0.1, 0.15) is 11.7 Å². The van der Waals surface area contributed by atoms with E-state index in [-0.39, 0.29) is 5.44 Å². The Balaban J connectivity index is 2.16. The van der Waals surface area contributed by atoms with Crippen LogP contribution in [0.5, 0.6) is 0 Å². The summed E-state index contributed by atoms with van der Waals surface area (Å²) in [5.74, 6) is 1.06. The Labute approximate surface area is 81.3 Å². The Morgan fingerprint density at radius 3 is 2.69 bits per heavy atom. The Morgan fingerprint density at radius 2 is 2.15 bits per heavy atom. The van der Waals surface area contributed by atoms with Crippen LogP contribution in [0.3, 0.4) is 0 Å². The predicted octanol–water partition coefficient (Wildman–Crippen LogP) is 2.26. The average Bonchev–Trinajstić information content (AvgIpc) is 2.71. The van der Waals surface area contributed by atoms with Crippen LogP contribution in [-0.2, 0) is 4.74 Å². The Hall–Kier alpha value is -0.800. The lowest BCUT2D eigenvalue weighted by Crippen LogP contribution is -1.92. The second-order valence-electron chi connectivity index (χ2n) is 2.86. The normalized spacial score (nSPS) is 21.7. The minimum atomic E-state index is 0.167. The molecule has 1 fully saturated rings. The zero-order chi connectivity index (χ0) is 9.10. The smallest absolute Gasteiger partial charge is 0.150 e. The van der Waals surface area contributed by atoms with Gasteiger partial charge in [-0.2, -0.15) is 0 Å². The van der Waals surface area contributed by atoms with Gasteiger partial charge in [0.2, 0.25) is 0 Å². The summed E-state index contributed by atoms with van der Waals surface area (Å²) in [6.45, 7) is 0.824. The van der Waals surface area contributed by atoms with Crippen molar-refractivity contribution >= 4 is 18.0 Å². The summed E-state index contributed by atoms with van der Waals surface area (Å²) in [6.07, 6.45) is 0.854. The van der Waals surface area contributed by atoms with Crippen molar-refractivity contribution in [1.82, 2.24) is 0 Å². The summed E-state index contributed by atoms with van der Waals surface area (Å²) in [5.41, 5.74) is 2.03. The molecule has 0 amide bonds. The molecule has 1 heterocycles. The predicted molar refractivity (Wildman–Crippen MR) is 53.0 cm³/mol. The van der Waals surface area contributed by atoms with Gasteiger partial charge in [0, 0.05) is 11.3 Å². The number of hydrogen-bond acceptors (Lipinski definition) is 3. The molecule has 1 unspecified atom stereocenters. The zero-order valence-electron chi connectivity index (χ0n) is 7.10. The number of thioether (sulfide) groups is 1. The third kappa shape index (κ3) is 1.92. The van der Waals surface area contributed by atoms with Crippen LogP contribution in [0, 0.1) is 0 Å². The second kappa shape index (κ2) is 3.94. The van der Waals surface area contributed by atoms with Crippen LogP contribution >= 0.6 is 11.8 Å². The van der Waals surface area contributed by atoms with Crippen molar-refractivity contribution < 1.29 is 9.53 Å². The van der Waals surface area contributed by atoms with Gasteiger partial charge in [0.15, 0.2) is 0 Å². The fraction of sp³-hybridized carbons (Fsp3) is 0.300. The van der Waals surface area contributed by atoms with E-state index in [1.807, 2.05) is 24.3 Å². The van der Waals surface area contributed by atoms with E-state index in [1.54, 1.807) is 11.8 Å². The topological polar surface area (TPSA) is 26.3 Å². The van der Waals surface area contributed by atoms with E-state index >= 15 is 0 Å². The molecule has 0 bridgehead atoms. The molecule has 3 heteroatoms. The molecule has 1 aliphatic heterocycles. The number of carbonyl (C=O) groups excluding carboxylic acids is 1. The van der Waals surface area contributed by atoms with Crippen molar-refractivity contribution in [2.45, 2.75) is 5.44 Å². The lowest BCUT2D eigenvalue weighted by molar-refractivity contribution is 0.112. The third-order valence-electron chi connectivity index (χ3n) is 1.97. The summed E-state index contributed by atoms with van der Waals surface area (Å²) in [5, 5.41) is 0. The van der Waals surface area contributed by atoms with Crippen LogP contribution < -0.4 is 0 Å². The molecule has 0 radical (unpaired) electrons. The third-order valence-corrected chi connectivity index (χ3v) is 3.08. The van der Waals surface area contributed by atoms with Crippen molar-refractivity contribution in [1.29, 1.82) is 0 Å². The van der Waals surface area contributed by atoms with Gasteiger partial charge in [0.25, 0.3) is 0 Å². The van der Waals surface area contributed by atoms with Gasteiger partial charge >= 0.3 is 0 Å². The molecule has 68 valence electrons. The number of aldehydes is 1. The highest BCUT2D eigenvalue weighted by Gasteiger charge is 2.17. The fourth-order valence-corrected chi connectivity index (χ4v) is 2.23. The van der Waals surface area contributed by atoms with Crippen molar-refractivity contribution in [3.05, 3.63) is 35.4 Å². The number of carbonyl (C=O) groups is 1. The minimum Gasteiger partial charge on any atom is -0.362 e. The van der Waals surface area contributed by atoms with Gasteiger partial charge in [-0.25, -0.2) is 0 Å². The van der Waals surface area contributed by atoms with E-state index in [0.29, 0.717) is 5.56 Å². The maximum absolute atomic E-state index is 10.4. The van der Waals surface area contributed by atoms with Crippen LogP contribution in [0.1, 0.15) is 21.4 Å². The summed E-state index contributed by atoms with van der Waals surface area (Å²) in [7, 11) is 0. The van der Waals surface area contributed by atoms with Crippen LogP contribution in [0.2, 0.25) is 0 Å². The summed E-state index contributed by atoms with van der Waals surface area (Å²) in [4.78, 5) is 10.4. The molecule has 13 heavy (non-hydrogen) atoms. The van der Waals surface area contributed by atoms with E-state index in [0.717, 1.165) is 24.2 Å². The van der Waals surface area contributed by atoms with Crippen LogP contribution in [0.4, 0.5) is 0 Å². The molecular formula is C10H10O2S. The maximum atomic E-state index is 10.4. The van der Waals surface area contributed by atoms with Crippen LogP contribution in [0.25, 0.3) is 0 Å². The van der Waals surface area contributed by atoms with E-state index in [2.05, 4.69) is 0 Å². The minimum absolute atomic E-state index is 0.167. The fourth-order valence-electron chi connectivity index (χ4n) is 1.28. The summed E-state index contributed by atoms with van der Waals surface area (Å²) < 4.78 is 5.49. The first kappa shape index (κ1) is 8.78. The first-order valence-corrected chi connectivity index (χ1v) is 5.23. The molecule has 1 aromatic rings. The molecule has 0 N–H and O–H groups in total. The van der Waals surface area contributed by atoms with E-state index < -0.39 is 0 Å². The standard InChI is InChI=1S/C10H10O2S/c11-7-8-1-3-9(4-2-8)10-12-5-6-13-10/h1-4,7,10H,5-6H2. The maximum Gasteiger partial charge on any atom is 0.150 e. The van der Waals surface area contributed by atoms with Crippen molar-refractivity contribution in [3.8, 4) is 0 Å². The van der Waals surface area contributed by atoms with Crippen LogP contribution in [-0.4, -0.2) is 18.6 Å². The van der Waals surface area contributed by atoms with Crippen LogP contribution in [0.15, 0.2) is 24.3 Å². The lowest BCUT2D eigenvalue weighted by atomic mass is 10.1. The number of hydrogen-bond donors (Lipinski definition) is 0. The van der Waals surface area contributed by atoms with E-state index in [9.17, 15) is 4.79 Å². The largest absolute Gasteiger partial charge is 0.362 e. The highest BCUT2D eigenvalue weighted by Crippen LogP contribution is 2.34. The number of rotatable bonds is 2. The molecule has 2 nitrogen and oxygen atoms in total. The molecule has 0 spiro atoms. The second-order valence-corrected chi connectivity index (χ2v) is 4.03. The zero-order valence-corrected chi connectivity index (χ0v) is 7.92. The number of benzene rings is 1. The first-order chi connectivity index (χ1) is 6.40. The quantitative estimate of drug-likeness (QED) is 0.675. The summed E-state index contributed by atoms with van der Waals surface area (Å²) in [6, 6.07) is 7.55. The molecule has 0 saturated carbocycles. The lowest BCUT2D eigenvalue weighted by Gasteiger charge is -2.07. The van der Waals surface area contributed by atoms with E-state index in [1.165, 1.54) is 0 Å². The van der Waals surface area contributed by atoms with Gasteiger partial charge < -0.3 is 4.74 Å². The molecule has 2 rings (SSSR count). The number of ether oxygens (including phenoxy) is 1. The summed E-state index contributed by atoms with van der Waals surface area (Å²) >= 11 is 1.80. The molecule has 1 atom stereocenters. The van der Waals surface area contributed by atoms with Gasteiger partial charge in [-0.3, -0.25) is 4.79 Å². The monoisotopic (exact) mass is 194 g/mol. The highest BCUT2D eigenvalue weighted by atomic mass is 32.2. The van der Waals surface area contributed by atoms with Gasteiger partial charge in [-0.05, 0) is 5.56 Å². The van der Waals surface area contributed by atoms with Gasteiger partial charge in [-0.15, -0.1) is 11.8 Å². The van der Waals surface area contributed by atoms with Crippen molar-refractivity contribution in [2.75, 3.05) is 12.4 Å². The molecule has 1 aromatic carbocycles. The molecule has 1 aliphatic rings. The first-order valence-electron chi connectivity index (χ1n) is 4.18. The molecular weight excluding hydrogens is 184 g/mol. The van der Waals surface area contributed by atoms with Gasteiger partial charge in [-0.1, -0.05) is 24.3 Å². The van der Waals surface area contributed by atoms with Crippen molar-refractivity contribution in [2.24, 2.45) is 0 Å². The van der Waals surface area contributed by atoms with Crippen molar-refractivity contribution in [3.63, 3.8) is 0 Å². The highest BCUT2D eigenvalue weighted by molar-refractivity contribution is 7.99. The molecule has 0 aromatic heterocycles. The van der Waals surface area contributed by atoms with Gasteiger partial charge in [0.05, 0.1) is 6.61 Å². The Kier molecular flexibility index (Phi) is 2.66. The molecule has 1 saturated heterocycles.